The van der Waals surface area contributed by atoms with E-state index in [1.807, 2.05) is 60.7 Å². The number of benzene rings is 2. The summed E-state index contributed by atoms with van der Waals surface area (Å²) >= 11 is 0. The number of hydrogen-bond donors (Lipinski definition) is 1. The molecule has 0 atom stereocenters. The lowest BCUT2D eigenvalue weighted by atomic mass is 10.2. The van der Waals surface area contributed by atoms with Crippen LogP contribution in [0.5, 0.6) is 0 Å². The van der Waals surface area contributed by atoms with Crippen LogP contribution in [-0.2, 0) is 27.5 Å². The monoisotopic (exact) mass is 312 g/mol. The maximum absolute atomic E-state index is 11.5. The molecular formula is C18H18NO4. The smallest absolute Gasteiger partial charge is 0.407 e. The van der Waals surface area contributed by atoms with E-state index in [1.54, 1.807) is 0 Å². The molecule has 5 nitrogen and oxygen atoms in total. The third-order valence-electron chi connectivity index (χ3n) is 2.94. The molecule has 2 rings (SSSR count). The van der Waals surface area contributed by atoms with Crippen LogP contribution in [0.15, 0.2) is 60.7 Å². The van der Waals surface area contributed by atoms with Gasteiger partial charge in [-0.2, -0.15) is 0 Å². The van der Waals surface area contributed by atoms with Crippen molar-refractivity contribution in [2.24, 2.45) is 0 Å². The van der Waals surface area contributed by atoms with Crippen molar-refractivity contribution < 1.29 is 19.1 Å². The summed E-state index contributed by atoms with van der Waals surface area (Å²) in [5, 5.41) is 2.40. The van der Waals surface area contributed by atoms with E-state index in [0.717, 1.165) is 11.1 Å². The minimum atomic E-state index is -0.607. The SMILES string of the molecule is O=C(C[CH]NC(=O)OCc1ccccc1)OCc1ccccc1. The van der Waals surface area contributed by atoms with Crippen molar-refractivity contribution in [2.45, 2.75) is 19.6 Å². The first-order chi connectivity index (χ1) is 11.2. The van der Waals surface area contributed by atoms with E-state index in [-0.39, 0.29) is 19.6 Å². The Bertz CT molecular complexity index is 558. The molecule has 0 spiro atoms. The summed E-state index contributed by atoms with van der Waals surface area (Å²) in [5.74, 6) is -0.419. The molecule has 23 heavy (non-hydrogen) atoms. The van der Waals surface area contributed by atoms with Crippen LogP contribution < -0.4 is 5.32 Å². The molecule has 0 bridgehead atoms. The van der Waals surface area contributed by atoms with Crippen molar-refractivity contribution in [3.63, 3.8) is 0 Å². The molecule has 0 saturated carbocycles. The first kappa shape index (κ1) is 16.5. The number of ether oxygens (including phenoxy) is 2. The Hall–Kier alpha value is -2.82. The van der Waals surface area contributed by atoms with Gasteiger partial charge in [0.05, 0.1) is 13.0 Å². The number of rotatable bonds is 7. The predicted octanol–water partition coefficient (Wildman–Crippen LogP) is 3.21. The van der Waals surface area contributed by atoms with E-state index in [1.165, 1.54) is 6.54 Å². The zero-order chi connectivity index (χ0) is 16.3. The summed E-state index contributed by atoms with van der Waals surface area (Å²) < 4.78 is 10.1. The maximum Gasteiger partial charge on any atom is 0.407 e. The number of amides is 1. The highest BCUT2D eigenvalue weighted by atomic mass is 16.5. The summed E-state index contributed by atoms with van der Waals surface area (Å²) in [7, 11) is 0. The Labute approximate surface area is 135 Å². The Kier molecular flexibility index (Phi) is 6.65. The maximum atomic E-state index is 11.5. The van der Waals surface area contributed by atoms with Crippen LogP contribution in [0.3, 0.4) is 0 Å². The topological polar surface area (TPSA) is 64.6 Å². The van der Waals surface area contributed by atoms with Gasteiger partial charge < -0.3 is 14.8 Å². The predicted molar refractivity (Wildman–Crippen MR) is 84.9 cm³/mol. The van der Waals surface area contributed by atoms with E-state index in [0.29, 0.717) is 0 Å². The van der Waals surface area contributed by atoms with Crippen LogP contribution in [0, 0.1) is 6.54 Å². The van der Waals surface area contributed by atoms with E-state index in [2.05, 4.69) is 5.32 Å². The highest BCUT2D eigenvalue weighted by Gasteiger charge is 2.07. The number of carbonyl (C=O) groups is 2. The number of alkyl carbamates (subject to hydrolysis) is 1. The molecule has 0 unspecified atom stereocenters. The number of carbonyl (C=O) groups excluding carboxylic acids is 2. The van der Waals surface area contributed by atoms with Crippen molar-refractivity contribution in [2.75, 3.05) is 0 Å². The molecule has 2 aromatic rings. The number of nitrogens with one attached hydrogen (secondary N) is 1. The third-order valence-corrected chi connectivity index (χ3v) is 2.94. The van der Waals surface area contributed by atoms with Crippen LogP contribution >= 0.6 is 0 Å². The fraction of sp³-hybridized carbons (Fsp3) is 0.167. The normalized spacial score (nSPS) is 9.91. The van der Waals surface area contributed by atoms with Crippen molar-refractivity contribution in [1.82, 2.24) is 5.32 Å². The zero-order valence-corrected chi connectivity index (χ0v) is 12.6. The largest absolute Gasteiger partial charge is 0.461 e. The fourth-order valence-corrected chi connectivity index (χ4v) is 1.78. The van der Waals surface area contributed by atoms with Gasteiger partial charge in [0.15, 0.2) is 0 Å². The van der Waals surface area contributed by atoms with E-state index >= 15 is 0 Å². The van der Waals surface area contributed by atoms with E-state index in [9.17, 15) is 9.59 Å². The van der Waals surface area contributed by atoms with Gasteiger partial charge >= 0.3 is 12.1 Å². The Morgan fingerprint density at radius 3 is 1.91 bits per heavy atom. The Morgan fingerprint density at radius 1 is 0.826 bits per heavy atom. The number of hydrogen-bond acceptors (Lipinski definition) is 4. The zero-order valence-electron chi connectivity index (χ0n) is 12.6. The summed E-state index contributed by atoms with van der Waals surface area (Å²) in [4.78, 5) is 23.0. The average molecular weight is 312 g/mol. The molecule has 0 aliphatic carbocycles. The Morgan fingerprint density at radius 2 is 1.35 bits per heavy atom. The molecule has 0 aliphatic heterocycles. The Balaban J connectivity index is 1.57. The molecule has 1 radical (unpaired) electrons. The highest BCUT2D eigenvalue weighted by Crippen LogP contribution is 2.03. The minimum Gasteiger partial charge on any atom is -0.461 e. The molecule has 2 aromatic carbocycles. The summed E-state index contributed by atoms with van der Waals surface area (Å²) in [6.07, 6.45) is -0.627. The molecule has 119 valence electrons. The summed E-state index contributed by atoms with van der Waals surface area (Å²) in [5.41, 5.74) is 1.81. The lowest BCUT2D eigenvalue weighted by molar-refractivity contribution is -0.144. The van der Waals surface area contributed by atoms with Crippen molar-refractivity contribution in [3.8, 4) is 0 Å². The lowest BCUT2D eigenvalue weighted by Gasteiger charge is -2.07. The van der Waals surface area contributed by atoms with E-state index < -0.39 is 12.1 Å². The van der Waals surface area contributed by atoms with Crippen molar-refractivity contribution >= 4 is 12.1 Å². The van der Waals surface area contributed by atoms with Crippen LogP contribution in [0.25, 0.3) is 0 Å². The van der Waals surface area contributed by atoms with E-state index in [4.69, 9.17) is 9.47 Å². The first-order valence-electron chi connectivity index (χ1n) is 7.22. The fourth-order valence-electron chi connectivity index (χ4n) is 1.78. The van der Waals surface area contributed by atoms with Gasteiger partial charge in [-0.1, -0.05) is 60.7 Å². The molecule has 1 amide bonds. The second-order valence-electron chi connectivity index (χ2n) is 4.76. The van der Waals surface area contributed by atoms with Crippen LogP contribution in [0.2, 0.25) is 0 Å². The minimum absolute atomic E-state index is 0.0206. The lowest BCUT2D eigenvalue weighted by Crippen LogP contribution is -2.23. The molecule has 5 heteroatoms. The second kappa shape index (κ2) is 9.25. The van der Waals surface area contributed by atoms with Gasteiger partial charge in [0.25, 0.3) is 0 Å². The van der Waals surface area contributed by atoms with Crippen LogP contribution in [0.1, 0.15) is 17.5 Å². The highest BCUT2D eigenvalue weighted by molar-refractivity contribution is 5.73. The summed E-state index contributed by atoms with van der Waals surface area (Å²) in [6, 6.07) is 18.7. The molecular weight excluding hydrogens is 294 g/mol. The standard InChI is InChI=1S/C18H18NO4/c20-17(22-13-15-7-3-1-4-8-15)11-12-19-18(21)23-14-16-9-5-2-6-10-16/h1-10,12H,11,13-14H2,(H,19,21). The van der Waals surface area contributed by atoms with Crippen LogP contribution in [-0.4, -0.2) is 12.1 Å². The van der Waals surface area contributed by atoms with Gasteiger partial charge in [-0.05, 0) is 11.1 Å². The third kappa shape index (κ3) is 6.65. The van der Waals surface area contributed by atoms with Crippen LogP contribution in [0.4, 0.5) is 4.79 Å². The second-order valence-corrected chi connectivity index (χ2v) is 4.76. The molecule has 0 heterocycles. The number of esters is 1. The molecule has 1 N–H and O–H groups in total. The molecule has 0 aliphatic rings. The van der Waals surface area contributed by atoms with Crippen molar-refractivity contribution in [1.29, 1.82) is 0 Å². The summed E-state index contributed by atoms with van der Waals surface area (Å²) in [6.45, 7) is 1.71. The van der Waals surface area contributed by atoms with Gasteiger partial charge in [-0.15, -0.1) is 0 Å². The van der Waals surface area contributed by atoms with Gasteiger partial charge in [-0.25, -0.2) is 4.79 Å². The molecule has 0 saturated heterocycles. The van der Waals surface area contributed by atoms with Crippen molar-refractivity contribution in [3.05, 3.63) is 78.3 Å². The quantitative estimate of drug-likeness (QED) is 0.797. The van der Waals surface area contributed by atoms with Gasteiger partial charge in [0.2, 0.25) is 0 Å². The average Bonchev–Trinajstić information content (AvgIpc) is 2.60. The van der Waals surface area contributed by atoms with Gasteiger partial charge in [-0.3, -0.25) is 4.79 Å². The van der Waals surface area contributed by atoms with Gasteiger partial charge in [0.1, 0.15) is 13.2 Å². The first-order valence-corrected chi connectivity index (χ1v) is 7.22. The molecule has 0 fully saturated rings. The van der Waals surface area contributed by atoms with Gasteiger partial charge in [0, 0.05) is 0 Å². The molecule has 0 aromatic heterocycles.